The van der Waals surface area contributed by atoms with Gasteiger partial charge in [-0.25, -0.2) is 0 Å². The van der Waals surface area contributed by atoms with E-state index in [1.807, 2.05) is 0 Å². The Balaban J connectivity index is 1.74. The highest BCUT2D eigenvalue weighted by Gasteiger charge is 2.27. The summed E-state index contributed by atoms with van der Waals surface area (Å²) in [6.07, 6.45) is 8.19. The van der Waals surface area contributed by atoms with E-state index in [-0.39, 0.29) is 11.8 Å². The number of nitrogens with one attached hydrogen (secondary N) is 1. The van der Waals surface area contributed by atoms with Crippen LogP contribution in [0.2, 0.25) is 0 Å². The Morgan fingerprint density at radius 1 is 1.26 bits per heavy atom. The number of likely N-dealkylation sites (N-methyl/N-ethyl adjacent to an activating group) is 1. The zero-order chi connectivity index (χ0) is 13.7. The van der Waals surface area contributed by atoms with Crippen LogP contribution in [0.3, 0.4) is 0 Å². The third-order valence-electron chi connectivity index (χ3n) is 4.92. The molecule has 2 rings (SSSR count). The largest absolute Gasteiger partial charge is 0.354 e. The first kappa shape index (κ1) is 14.8. The lowest BCUT2D eigenvalue weighted by molar-refractivity contribution is -0.126. The van der Waals surface area contributed by atoms with Crippen LogP contribution in [-0.4, -0.2) is 43.5 Å². The highest BCUT2D eigenvalue weighted by molar-refractivity contribution is 5.78. The molecule has 1 aliphatic heterocycles. The van der Waals surface area contributed by atoms with Crippen LogP contribution in [0.25, 0.3) is 0 Å². The molecule has 3 atom stereocenters. The Hall–Kier alpha value is -0.610. The van der Waals surface area contributed by atoms with Crippen LogP contribution in [0.5, 0.6) is 0 Å². The molecule has 1 saturated carbocycles. The lowest BCUT2D eigenvalue weighted by atomic mass is 9.81. The number of carbonyl (C=O) groups excluding carboxylic acids is 1. The molecule has 2 fully saturated rings. The first-order valence-corrected chi connectivity index (χ1v) is 7.88. The molecule has 0 radical (unpaired) electrons. The van der Waals surface area contributed by atoms with Gasteiger partial charge in [-0.15, -0.1) is 0 Å². The van der Waals surface area contributed by atoms with E-state index in [2.05, 4.69) is 17.3 Å². The van der Waals surface area contributed by atoms with Gasteiger partial charge in [0.15, 0.2) is 0 Å². The highest BCUT2D eigenvalue weighted by Crippen LogP contribution is 2.28. The average molecular weight is 267 g/mol. The second-order valence-electron chi connectivity index (χ2n) is 6.34. The number of nitrogens with zero attached hydrogens (tertiary/aromatic N) is 1. The third kappa shape index (κ3) is 4.18. The maximum absolute atomic E-state index is 12.2. The average Bonchev–Trinajstić information content (AvgIpc) is 2.46. The summed E-state index contributed by atoms with van der Waals surface area (Å²) in [6.45, 7) is 2.72. The van der Waals surface area contributed by atoms with Gasteiger partial charge < -0.3 is 16.0 Å². The van der Waals surface area contributed by atoms with Gasteiger partial charge in [0.25, 0.3) is 0 Å². The Morgan fingerprint density at radius 2 is 2.11 bits per heavy atom. The van der Waals surface area contributed by atoms with Crippen molar-refractivity contribution in [1.82, 2.24) is 10.2 Å². The van der Waals surface area contributed by atoms with Gasteiger partial charge in [0.05, 0.1) is 0 Å². The lowest BCUT2D eigenvalue weighted by Gasteiger charge is -2.33. The summed E-state index contributed by atoms with van der Waals surface area (Å²) in [6, 6.07) is 0.534. The van der Waals surface area contributed by atoms with Crippen molar-refractivity contribution in [1.29, 1.82) is 0 Å². The minimum absolute atomic E-state index is 0.205. The minimum atomic E-state index is 0.205. The monoisotopic (exact) mass is 267 g/mol. The molecule has 4 heteroatoms. The number of hydrogen-bond acceptors (Lipinski definition) is 3. The molecule has 0 aromatic carbocycles. The molecule has 0 aromatic rings. The van der Waals surface area contributed by atoms with Gasteiger partial charge in [-0.05, 0) is 58.2 Å². The summed E-state index contributed by atoms with van der Waals surface area (Å²) >= 11 is 0. The number of carbonyl (C=O) groups is 1. The first-order valence-electron chi connectivity index (χ1n) is 7.88. The van der Waals surface area contributed by atoms with Crippen LogP contribution in [0, 0.1) is 11.8 Å². The zero-order valence-electron chi connectivity index (χ0n) is 12.2. The molecule has 3 unspecified atom stereocenters. The van der Waals surface area contributed by atoms with Crippen LogP contribution in [0.4, 0.5) is 0 Å². The molecule has 4 nitrogen and oxygen atoms in total. The number of nitrogens with two attached hydrogens (primary N) is 1. The van der Waals surface area contributed by atoms with Crippen LogP contribution in [0.1, 0.15) is 44.9 Å². The molecule has 2 aliphatic rings. The summed E-state index contributed by atoms with van der Waals surface area (Å²) in [5.74, 6) is 1.02. The number of piperidine rings is 1. The molecule has 110 valence electrons. The van der Waals surface area contributed by atoms with Gasteiger partial charge in [-0.3, -0.25) is 4.79 Å². The Kier molecular flexibility index (Phi) is 5.64. The van der Waals surface area contributed by atoms with Crippen LogP contribution >= 0.6 is 0 Å². The van der Waals surface area contributed by atoms with Gasteiger partial charge in [0.1, 0.15) is 0 Å². The van der Waals surface area contributed by atoms with Crippen molar-refractivity contribution in [2.24, 2.45) is 17.6 Å². The van der Waals surface area contributed by atoms with E-state index in [4.69, 9.17) is 5.73 Å². The lowest BCUT2D eigenvalue weighted by Crippen LogP contribution is -2.46. The second-order valence-corrected chi connectivity index (χ2v) is 6.34. The van der Waals surface area contributed by atoms with Gasteiger partial charge >= 0.3 is 0 Å². The number of likely N-dealkylation sites (tertiary alicyclic amines) is 1. The van der Waals surface area contributed by atoms with E-state index in [1.165, 1.54) is 32.2 Å². The summed E-state index contributed by atoms with van der Waals surface area (Å²) in [4.78, 5) is 14.6. The summed E-state index contributed by atoms with van der Waals surface area (Å²) in [5.41, 5.74) is 5.74. The van der Waals surface area contributed by atoms with Crippen LogP contribution in [0.15, 0.2) is 0 Å². The second kappa shape index (κ2) is 7.25. The van der Waals surface area contributed by atoms with E-state index in [9.17, 15) is 4.79 Å². The highest BCUT2D eigenvalue weighted by atomic mass is 16.1. The fraction of sp³-hybridized carbons (Fsp3) is 0.933. The summed E-state index contributed by atoms with van der Waals surface area (Å²) in [7, 11) is 2.17. The topological polar surface area (TPSA) is 58.4 Å². The molecule has 1 aliphatic carbocycles. The molecule has 0 spiro atoms. The molecular weight excluding hydrogens is 238 g/mol. The fourth-order valence-electron chi connectivity index (χ4n) is 3.51. The fourth-order valence-corrected chi connectivity index (χ4v) is 3.51. The van der Waals surface area contributed by atoms with E-state index in [0.717, 1.165) is 32.4 Å². The van der Waals surface area contributed by atoms with Crippen molar-refractivity contribution < 1.29 is 4.79 Å². The molecule has 1 saturated heterocycles. The van der Waals surface area contributed by atoms with Crippen molar-refractivity contribution in [3.63, 3.8) is 0 Å². The Morgan fingerprint density at radius 3 is 2.84 bits per heavy atom. The van der Waals surface area contributed by atoms with E-state index in [1.54, 1.807) is 0 Å². The van der Waals surface area contributed by atoms with E-state index >= 15 is 0 Å². The van der Waals surface area contributed by atoms with Gasteiger partial charge in [-0.2, -0.15) is 0 Å². The van der Waals surface area contributed by atoms with E-state index in [0.29, 0.717) is 12.0 Å². The molecular formula is C15H29N3O. The zero-order valence-corrected chi connectivity index (χ0v) is 12.2. The standard InChI is InChI=1S/C15H29N3O/c1-18-8-3-2-7-14(18)11-17-15(19)13-6-4-5-12(9-13)10-16/h12-14H,2-11,16H2,1H3,(H,17,19). The van der Waals surface area contributed by atoms with Crippen molar-refractivity contribution in [3.8, 4) is 0 Å². The third-order valence-corrected chi connectivity index (χ3v) is 4.92. The molecule has 1 amide bonds. The van der Waals surface area contributed by atoms with Crippen molar-refractivity contribution in [3.05, 3.63) is 0 Å². The predicted octanol–water partition coefficient (Wildman–Crippen LogP) is 1.35. The molecule has 1 heterocycles. The SMILES string of the molecule is CN1CCCCC1CNC(=O)C1CCCC(CN)C1. The van der Waals surface area contributed by atoms with E-state index < -0.39 is 0 Å². The quantitative estimate of drug-likeness (QED) is 0.808. The number of rotatable bonds is 4. The molecule has 3 N–H and O–H groups in total. The smallest absolute Gasteiger partial charge is 0.223 e. The maximum atomic E-state index is 12.2. The first-order chi connectivity index (χ1) is 9.20. The van der Waals surface area contributed by atoms with Crippen molar-refractivity contribution in [2.45, 2.75) is 51.0 Å². The molecule has 0 bridgehead atoms. The van der Waals surface area contributed by atoms with Gasteiger partial charge in [0.2, 0.25) is 5.91 Å². The normalized spacial score (nSPS) is 33.1. The number of hydrogen-bond donors (Lipinski definition) is 2. The minimum Gasteiger partial charge on any atom is -0.354 e. The maximum Gasteiger partial charge on any atom is 0.223 e. The van der Waals surface area contributed by atoms with Crippen LogP contribution in [-0.2, 0) is 4.79 Å². The summed E-state index contributed by atoms with van der Waals surface area (Å²) < 4.78 is 0. The molecule has 0 aromatic heterocycles. The van der Waals surface area contributed by atoms with Crippen molar-refractivity contribution >= 4 is 5.91 Å². The number of amides is 1. The molecule has 19 heavy (non-hydrogen) atoms. The Bertz CT molecular complexity index is 295. The van der Waals surface area contributed by atoms with Crippen LogP contribution < -0.4 is 11.1 Å². The van der Waals surface area contributed by atoms with Crippen molar-refractivity contribution in [2.75, 3.05) is 26.7 Å². The Labute approximate surface area is 117 Å². The van der Waals surface area contributed by atoms with Gasteiger partial charge in [-0.1, -0.05) is 12.8 Å². The predicted molar refractivity (Wildman–Crippen MR) is 77.8 cm³/mol. The van der Waals surface area contributed by atoms with Gasteiger partial charge in [0, 0.05) is 18.5 Å². The summed E-state index contributed by atoms with van der Waals surface area (Å²) in [5, 5.41) is 3.18.